The standard InChI is InChI=1S/C10H19NO2/c12-7-10(11-8-13)6-9-4-2-1-3-5-9/h8-10,12H,1-7H2,(H,11,13). The van der Waals surface area contributed by atoms with Crippen molar-refractivity contribution >= 4 is 6.41 Å². The fourth-order valence-corrected chi connectivity index (χ4v) is 2.12. The molecule has 76 valence electrons. The van der Waals surface area contributed by atoms with Crippen LogP contribution >= 0.6 is 0 Å². The molecule has 13 heavy (non-hydrogen) atoms. The Morgan fingerprint density at radius 1 is 1.38 bits per heavy atom. The number of hydrogen-bond acceptors (Lipinski definition) is 2. The molecule has 3 heteroatoms. The van der Waals surface area contributed by atoms with Crippen molar-refractivity contribution in [3.63, 3.8) is 0 Å². The van der Waals surface area contributed by atoms with E-state index in [0.717, 1.165) is 6.42 Å². The molecule has 1 atom stereocenters. The highest BCUT2D eigenvalue weighted by Gasteiger charge is 2.17. The molecule has 1 aliphatic carbocycles. The second kappa shape index (κ2) is 5.97. The lowest BCUT2D eigenvalue weighted by atomic mass is 9.85. The maximum atomic E-state index is 10.2. The Balaban J connectivity index is 2.22. The molecule has 0 aliphatic heterocycles. The molecule has 0 heterocycles. The summed E-state index contributed by atoms with van der Waals surface area (Å²) in [6.45, 7) is 0.0647. The molecule has 1 amide bonds. The molecule has 0 saturated heterocycles. The van der Waals surface area contributed by atoms with E-state index in [9.17, 15) is 4.79 Å². The van der Waals surface area contributed by atoms with E-state index in [2.05, 4.69) is 5.32 Å². The van der Waals surface area contributed by atoms with Gasteiger partial charge >= 0.3 is 0 Å². The number of rotatable bonds is 5. The summed E-state index contributed by atoms with van der Waals surface area (Å²) in [5.41, 5.74) is 0. The highest BCUT2D eigenvalue weighted by molar-refractivity contribution is 5.46. The van der Waals surface area contributed by atoms with Crippen LogP contribution in [0, 0.1) is 5.92 Å². The quantitative estimate of drug-likeness (QED) is 0.629. The van der Waals surface area contributed by atoms with Gasteiger partial charge in [0, 0.05) is 0 Å². The Morgan fingerprint density at radius 3 is 2.62 bits per heavy atom. The van der Waals surface area contributed by atoms with Gasteiger partial charge in [0.25, 0.3) is 0 Å². The third-order valence-corrected chi connectivity index (χ3v) is 2.87. The summed E-state index contributed by atoms with van der Waals surface area (Å²) in [6, 6.07) is -0.0272. The zero-order valence-corrected chi connectivity index (χ0v) is 8.04. The van der Waals surface area contributed by atoms with Gasteiger partial charge in [-0.2, -0.15) is 0 Å². The smallest absolute Gasteiger partial charge is 0.207 e. The van der Waals surface area contributed by atoms with Crippen LogP contribution in [0.15, 0.2) is 0 Å². The summed E-state index contributed by atoms with van der Waals surface area (Å²) in [5, 5.41) is 11.6. The summed E-state index contributed by atoms with van der Waals surface area (Å²) in [5.74, 6) is 0.707. The number of carbonyl (C=O) groups is 1. The molecule has 0 spiro atoms. The number of amides is 1. The molecule has 1 fully saturated rings. The number of aliphatic hydroxyl groups is 1. The maximum Gasteiger partial charge on any atom is 0.207 e. The second-order valence-corrected chi connectivity index (χ2v) is 3.90. The van der Waals surface area contributed by atoms with Crippen LogP contribution in [0.3, 0.4) is 0 Å². The lowest BCUT2D eigenvalue weighted by molar-refractivity contribution is -0.110. The van der Waals surface area contributed by atoms with E-state index >= 15 is 0 Å². The van der Waals surface area contributed by atoms with Gasteiger partial charge in [-0.25, -0.2) is 0 Å². The van der Waals surface area contributed by atoms with Crippen LogP contribution < -0.4 is 5.32 Å². The molecule has 3 nitrogen and oxygen atoms in total. The van der Waals surface area contributed by atoms with Crippen LogP contribution in [0.1, 0.15) is 38.5 Å². The molecule has 0 aromatic carbocycles. The van der Waals surface area contributed by atoms with Gasteiger partial charge in [0.15, 0.2) is 0 Å². The van der Waals surface area contributed by atoms with Crippen LogP contribution in [0.2, 0.25) is 0 Å². The first-order valence-electron chi connectivity index (χ1n) is 5.17. The predicted octanol–water partition coefficient (Wildman–Crippen LogP) is 1.06. The molecule has 0 bridgehead atoms. The Bertz CT molecular complexity index is 144. The third kappa shape index (κ3) is 3.77. The van der Waals surface area contributed by atoms with Gasteiger partial charge in [-0.05, 0) is 12.3 Å². The first-order chi connectivity index (χ1) is 6.36. The maximum absolute atomic E-state index is 10.2. The van der Waals surface area contributed by atoms with Crippen LogP contribution in [0.4, 0.5) is 0 Å². The van der Waals surface area contributed by atoms with E-state index < -0.39 is 0 Å². The largest absolute Gasteiger partial charge is 0.394 e. The third-order valence-electron chi connectivity index (χ3n) is 2.87. The molecule has 2 N–H and O–H groups in total. The van der Waals surface area contributed by atoms with E-state index in [4.69, 9.17) is 5.11 Å². The van der Waals surface area contributed by atoms with E-state index in [1.807, 2.05) is 0 Å². The second-order valence-electron chi connectivity index (χ2n) is 3.90. The number of nitrogens with one attached hydrogen (secondary N) is 1. The van der Waals surface area contributed by atoms with Gasteiger partial charge in [0.1, 0.15) is 0 Å². The molecular weight excluding hydrogens is 166 g/mol. The van der Waals surface area contributed by atoms with Crippen molar-refractivity contribution in [2.45, 2.75) is 44.6 Å². The minimum atomic E-state index is -0.0272. The van der Waals surface area contributed by atoms with Crippen molar-refractivity contribution in [2.75, 3.05) is 6.61 Å². The summed E-state index contributed by atoms with van der Waals surface area (Å²) in [7, 11) is 0. The van der Waals surface area contributed by atoms with Crippen molar-refractivity contribution in [3.05, 3.63) is 0 Å². The van der Waals surface area contributed by atoms with Crippen molar-refractivity contribution in [3.8, 4) is 0 Å². The minimum absolute atomic E-state index is 0.0272. The Morgan fingerprint density at radius 2 is 2.08 bits per heavy atom. The van der Waals surface area contributed by atoms with E-state index in [1.54, 1.807) is 0 Å². The Labute approximate surface area is 79.5 Å². The average Bonchev–Trinajstić information content (AvgIpc) is 2.19. The van der Waals surface area contributed by atoms with E-state index in [-0.39, 0.29) is 12.6 Å². The molecule has 1 unspecified atom stereocenters. The number of hydrogen-bond donors (Lipinski definition) is 2. The van der Waals surface area contributed by atoms with Crippen LogP contribution in [0.25, 0.3) is 0 Å². The summed E-state index contributed by atoms with van der Waals surface area (Å²) in [6.07, 6.45) is 8.11. The number of carbonyl (C=O) groups excluding carboxylic acids is 1. The summed E-state index contributed by atoms with van der Waals surface area (Å²) >= 11 is 0. The SMILES string of the molecule is O=CNC(CO)CC1CCCCC1. The first-order valence-corrected chi connectivity index (χ1v) is 5.17. The van der Waals surface area contributed by atoms with Gasteiger partial charge in [0.05, 0.1) is 12.6 Å². The highest BCUT2D eigenvalue weighted by Crippen LogP contribution is 2.27. The van der Waals surface area contributed by atoms with Gasteiger partial charge in [-0.15, -0.1) is 0 Å². The summed E-state index contributed by atoms with van der Waals surface area (Å²) < 4.78 is 0. The van der Waals surface area contributed by atoms with Crippen LogP contribution in [0.5, 0.6) is 0 Å². The lowest BCUT2D eigenvalue weighted by Crippen LogP contribution is -2.33. The monoisotopic (exact) mass is 185 g/mol. The normalized spacial score (nSPS) is 21.0. The number of aliphatic hydroxyl groups excluding tert-OH is 1. The average molecular weight is 185 g/mol. The lowest BCUT2D eigenvalue weighted by Gasteiger charge is -2.25. The Hall–Kier alpha value is -0.570. The summed E-state index contributed by atoms with van der Waals surface area (Å²) in [4.78, 5) is 10.2. The van der Waals surface area contributed by atoms with E-state index in [1.165, 1.54) is 32.1 Å². The fourth-order valence-electron chi connectivity index (χ4n) is 2.12. The first kappa shape index (κ1) is 10.5. The van der Waals surface area contributed by atoms with Crippen molar-refractivity contribution in [1.82, 2.24) is 5.32 Å². The van der Waals surface area contributed by atoms with Gasteiger partial charge in [0.2, 0.25) is 6.41 Å². The van der Waals surface area contributed by atoms with Gasteiger partial charge in [-0.3, -0.25) is 4.79 Å². The van der Waals surface area contributed by atoms with Gasteiger partial charge < -0.3 is 10.4 Å². The van der Waals surface area contributed by atoms with Crippen LogP contribution in [-0.4, -0.2) is 24.2 Å². The molecular formula is C10H19NO2. The van der Waals surface area contributed by atoms with Crippen LogP contribution in [-0.2, 0) is 4.79 Å². The minimum Gasteiger partial charge on any atom is -0.394 e. The fraction of sp³-hybridized carbons (Fsp3) is 0.900. The predicted molar refractivity (Wildman–Crippen MR) is 51.3 cm³/mol. The molecule has 1 aliphatic rings. The molecule has 0 radical (unpaired) electrons. The molecule has 1 saturated carbocycles. The highest BCUT2D eigenvalue weighted by atomic mass is 16.3. The molecule has 0 aromatic heterocycles. The van der Waals surface area contributed by atoms with Crippen molar-refractivity contribution in [1.29, 1.82) is 0 Å². The molecule has 1 rings (SSSR count). The molecule has 0 aromatic rings. The topological polar surface area (TPSA) is 49.3 Å². The zero-order chi connectivity index (χ0) is 9.52. The zero-order valence-electron chi connectivity index (χ0n) is 8.04. The van der Waals surface area contributed by atoms with Crippen molar-refractivity contribution < 1.29 is 9.90 Å². The van der Waals surface area contributed by atoms with E-state index in [0.29, 0.717) is 12.3 Å². The van der Waals surface area contributed by atoms with Crippen molar-refractivity contribution in [2.24, 2.45) is 5.92 Å². The van der Waals surface area contributed by atoms with Gasteiger partial charge in [-0.1, -0.05) is 32.1 Å². The Kier molecular flexibility index (Phi) is 4.83.